The van der Waals surface area contributed by atoms with Crippen molar-refractivity contribution in [2.24, 2.45) is 0 Å². The van der Waals surface area contributed by atoms with Crippen LogP contribution in [0.1, 0.15) is 36.0 Å². The Kier molecular flexibility index (Phi) is 7.56. The molecule has 0 aromatic heterocycles. The van der Waals surface area contributed by atoms with Crippen LogP contribution in [0.3, 0.4) is 0 Å². The first-order valence-electron chi connectivity index (χ1n) is 6.17. The summed E-state index contributed by atoms with van der Waals surface area (Å²) in [5, 5.41) is 2.95. The van der Waals surface area contributed by atoms with Crippen LogP contribution in [0, 0.1) is 0 Å². The molecule has 1 amide bonds. The Morgan fingerprint density at radius 2 is 1.82 bits per heavy atom. The summed E-state index contributed by atoms with van der Waals surface area (Å²) in [4.78, 5) is 11.7. The van der Waals surface area contributed by atoms with Gasteiger partial charge in [0.15, 0.2) is 0 Å². The highest BCUT2D eigenvalue weighted by Gasteiger charge is 2.02. The number of hydrogen-bond acceptors (Lipinski definition) is 2. The van der Waals surface area contributed by atoms with Crippen molar-refractivity contribution in [2.75, 3.05) is 18.6 Å². The smallest absolute Gasteiger partial charge is 0.251 e. The van der Waals surface area contributed by atoms with Gasteiger partial charge in [-0.05, 0) is 37.0 Å². The summed E-state index contributed by atoms with van der Waals surface area (Å²) in [6.07, 6.45) is 6.97. The summed E-state index contributed by atoms with van der Waals surface area (Å²) in [7, 11) is 0. The molecule has 0 aliphatic rings. The maximum absolute atomic E-state index is 11.7. The second kappa shape index (κ2) is 9.11. The average molecular weight is 251 g/mol. The third kappa shape index (κ3) is 6.37. The van der Waals surface area contributed by atoms with E-state index in [0.29, 0.717) is 0 Å². The largest absolute Gasteiger partial charge is 0.352 e. The molecule has 94 valence electrons. The normalized spacial score (nSPS) is 10.2. The van der Waals surface area contributed by atoms with E-state index < -0.39 is 0 Å². The van der Waals surface area contributed by atoms with E-state index in [4.69, 9.17) is 0 Å². The molecule has 0 aliphatic heterocycles. The predicted molar refractivity (Wildman–Crippen MR) is 75.6 cm³/mol. The van der Waals surface area contributed by atoms with Crippen molar-refractivity contribution in [1.82, 2.24) is 5.32 Å². The van der Waals surface area contributed by atoms with Gasteiger partial charge in [0.2, 0.25) is 0 Å². The number of rotatable bonds is 8. The number of hydrogen-bond donors (Lipinski definition) is 1. The van der Waals surface area contributed by atoms with Gasteiger partial charge in [-0.1, -0.05) is 31.0 Å². The minimum atomic E-state index is 0.0368. The van der Waals surface area contributed by atoms with Crippen molar-refractivity contribution in [3.05, 3.63) is 35.9 Å². The monoisotopic (exact) mass is 251 g/mol. The minimum Gasteiger partial charge on any atom is -0.352 e. The molecule has 1 aromatic carbocycles. The Bertz CT molecular complexity index is 313. The molecule has 1 rings (SSSR count). The predicted octanol–water partition coefficient (Wildman–Crippen LogP) is 3.34. The number of carbonyl (C=O) groups is 1. The Morgan fingerprint density at radius 3 is 2.53 bits per heavy atom. The van der Waals surface area contributed by atoms with Gasteiger partial charge in [-0.25, -0.2) is 0 Å². The highest BCUT2D eigenvalue weighted by Crippen LogP contribution is 2.04. The number of amides is 1. The Hall–Kier alpha value is -0.960. The highest BCUT2D eigenvalue weighted by atomic mass is 32.2. The first-order chi connectivity index (χ1) is 8.34. The molecule has 0 radical (unpaired) electrons. The van der Waals surface area contributed by atoms with Crippen LogP contribution in [0.5, 0.6) is 0 Å². The summed E-state index contributed by atoms with van der Waals surface area (Å²) in [5.41, 5.74) is 0.745. The summed E-state index contributed by atoms with van der Waals surface area (Å²) in [6, 6.07) is 9.37. The molecule has 0 saturated carbocycles. The van der Waals surface area contributed by atoms with Crippen molar-refractivity contribution >= 4 is 17.7 Å². The fraction of sp³-hybridized carbons (Fsp3) is 0.500. The zero-order valence-corrected chi connectivity index (χ0v) is 11.3. The van der Waals surface area contributed by atoms with Crippen LogP contribution in [0.2, 0.25) is 0 Å². The molecule has 0 heterocycles. The zero-order chi connectivity index (χ0) is 12.3. The van der Waals surface area contributed by atoms with Crippen LogP contribution in [0.15, 0.2) is 30.3 Å². The SMILES string of the molecule is CSCCCCCCNC(=O)c1ccccc1. The topological polar surface area (TPSA) is 29.1 Å². The molecule has 1 aromatic rings. The van der Waals surface area contributed by atoms with Crippen molar-refractivity contribution < 1.29 is 4.79 Å². The van der Waals surface area contributed by atoms with Crippen LogP contribution < -0.4 is 5.32 Å². The lowest BCUT2D eigenvalue weighted by molar-refractivity contribution is 0.0953. The maximum Gasteiger partial charge on any atom is 0.251 e. The number of unbranched alkanes of at least 4 members (excludes halogenated alkanes) is 3. The van der Waals surface area contributed by atoms with Gasteiger partial charge in [0.25, 0.3) is 5.91 Å². The van der Waals surface area contributed by atoms with Crippen molar-refractivity contribution in [1.29, 1.82) is 0 Å². The third-order valence-corrected chi connectivity index (χ3v) is 3.29. The van der Waals surface area contributed by atoms with Crippen LogP contribution >= 0.6 is 11.8 Å². The molecule has 3 heteroatoms. The number of nitrogens with one attached hydrogen (secondary N) is 1. The Labute approximate surface area is 108 Å². The van der Waals surface area contributed by atoms with Crippen LogP contribution in [-0.2, 0) is 0 Å². The van der Waals surface area contributed by atoms with Crippen LogP contribution in [0.4, 0.5) is 0 Å². The van der Waals surface area contributed by atoms with Crippen molar-refractivity contribution in [3.8, 4) is 0 Å². The maximum atomic E-state index is 11.7. The lowest BCUT2D eigenvalue weighted by Gasteiger charge is -2.04. The van der Waals surface area contributed by atoms with E-state index in [1.54, 1.807) is 0 Å². The molecule has 0 fully saturated rings. The van der Waals surface area contributed by atoms with Gasteiger partial charge in [-0.15, -0.1) is 0 Å². The summed E-state index contributed by atoms with van der Waals surface area (Å²) < 4.78 is 0. The highest BCUT2D eigenvalue weighted by molar-refractivity contribution is 7.98. The van der Waals surface area contributed by atoms with Gasteiger partial charge in [-0.2, -0.15) is 11.8 Å². The van der Waals surface area contributed by atoms with Gasteiger partial charge in [0.1, 0.15) is 0 Å². The molecule has 1 N–H and O–H groups in total. The molecule has 0 aliphatic carbocycles. The summed E-state index contributed by atoms with van der Waals surface area (Å²) in [5.74, 6) is 1.28. The average Bonchev–Trinajstić information content (AvgIpc) is 2.38. The van der Waals surface area contributed by atoms with Gasteiger partial charge in [0, 0.05) is 12.1 Å². The van der Waals surface area contributed by atoms with Crippen LogP contribution in [-0.4, -0.2) is 24.5 Å². The van der Waals surface area contributed by atoms with E-state index in [1.807, 2.05) is 42.1 Å². The van der Waals surface area contributed by atoms with Crippen LogP contribution in [0.25, 0.3) is 0 Å². The van der Waals surface area contributed by atoms with E-state index in [2.05, 4.69) is 11.6 Å². The molecule has 0 spiro atoms. The van der Waals surface area contributed by atoms with Crippen molar-refractivity contribution in [3.63, 3.8) is 0 Å². The second-order valence-electron chi connectivity index (χ2n) is 4.03. The van der Waals surface area contributed by atoms with E-state index in [9.17, 15) is 4.79 Å². The van der Waals surface area contributed by atoms with Gasteiger partial charge < -0.3 is 5.32 Å². The number of benzene rings is 1. The van der Waals surface area contributed by atoms with E-state index >= 15 is 0 Å². The first kappa shape index (κ1) is 14.1. The summed E-state index contributed by atoms with van der Waals surface area (Å²) >= 11 is 1.90. The van der Waals surface area contributed by atoms with E-state index in [-0.39, 0.29) is 5.91 Å². The van der Waals surface area contributed by atoms with E-state index in [0.717, 1.165) is 18.5 Å². The molecular weight excluding hydrogens is 230 g/mol. The third-order valence-electron chi connectivity index (χ3n) is 2.60. The zero-order valence-electron chi connectivity index (χ0n) is 10.4. The van der Waals surface area contributed by atoms with Gasteiger partial charge in [0.05, 0.1) is 0 Å². The van der Waals surface area contributed by atoms with E-state index in [1.165, 1.54) is 25.0 Å². The lowest BCUT2D eigenvalue weighted by Crippen LogP contribution is -2.24. The molecule has 0 unspecified atom stereocenters. The van der Waals surface area contributed by atoms with Gasteiger partial charge in [-0.3, -0.25) is 4.79 Å². The number of carbonyl (C=O) groups excluding carboxylic acids is 1. The fourth-order valence-corrected chi connectivity index (χ4v) is 2.11. The summed E-state index contributed by atoms with van der Waals surface area (Å²) in [6.45, 7) is 0.785. The first-order valence-corrected chi connectivity index (χ1v) is 7.56. The molecule has 2 nitrogen and oxygen atoms in total. The van der Waals surface area contributed by atoms with Crippen molar-refractivity contribution in [2.45, 2.75) is 25.7 Å². The molecule has 0 saturated heterocycles. The Balaban J connectivity index is 2.05. The minimum absolute atomic E-state index is 0.0368. The standard InChI is InChI=1S/C14H21NOS/c1-17-12-8-3-2-7-11-15-14(16)13-9-5-4-6-10-13/h4-6,9-10H,2-3,7-8,11-12H2,1H3,(H,15,16). The lowest BCUT2D eigenvalue weighted by atomic mass is 10.2. The molecule has 17 heavy (non-hydrogen) atoms. The quantitative estimate of drug-likeness (QED) is 0.718. The molecule has 0 bridgehead atoms. The van der Waals surface area contributed by atoms with Gasteiger partial charge >= 0.3 is 0 Å². The fourth-order valence-electron chi connectivity index (χ4n) is 1.62. The molecule has 0 atom stereocenters. The second-order valence-corrected chi connectivity index (χ2v) is 5.01. The Morgan fingerprint density at radius 1 is 1.12 bits per heavy atom. The molecular formula is C14H21NOS. The number of thioether (sulfide) groups is 1.